The van der Waals surface area contributed by atoms with Crippen LogP contribution in [0.3, 0.4) is 0 Å². The van der Waals surface area contributed by atoms with Crippen molar-refractivity contribution in [1.82, 2.24) is 15.1 Å². The van der Waals surface area contributed by atoms with Crippen molar-refractivity contribution in [2.24, 2.45) is 13.0 Å². The van der Waals surface area contributed by atoms with Crippen LogP contribution in [0.1, 0.15) is 47.1 Å². The molecule has 3 N–H and O–H groups in total. The average Bonchev–Trinajstić information content (AvgIpc) is 3.17. The molecule has 2 aromatic heterocycles. The highest BCUT2D eigenvalue weighted by atomic mass is 16.2. The van der Waals surface area contributed by atoms with E-state index in [1.165, 1.54) is 0 Å². The molecule has 7 heteroatoms. The van der Waals surface area contributed by atoms with Crippen LogP contribution >= 0.6 is 0 Å². The van der Waals surface area contributed by atoms with Crippen LogP contribution in [0.25, 0.3) is 0 Å². The standard InChI is InChI=1S/C28H29N5O2/c1-16-10-11-24(29-14-16)32-28(35)25-17(2)31-22-12-20(19-8-6-5-7-9-19)13-23(34)27(22)26(25)21-15-30-33(4)18(21)3/h5-11,14-15,20,25-26,31H,2,12-13H2,1,3-4H3,(H,29,32,35)/p+1. The molecule has 3 unspecified atom stereocenters. The molecule has 3 heterocycles. The summed E-state index contributed by atoms with van der Waals surface area (Å²) in [4.78, 5) is 30.4. The number of amides is 1. The number of pyridine rings is 1. The lowest BCUT2D eigenvalue weighted by Crippen LogP contribution is -2.43. The Kier molecular flexibility index (Phi) is 5.84. The average molecular weight is 469 g/mol. The minimum absolute atomic E-state index is 0.0630. The van der Waals surface area contributed by atoms with Crippen LogP contribution in [0.2, 0.25) is 0 Å². The van der Waals surface area contributed by atoms with E-state index in [0.29, 0.717) is 29.9 Å². The first-order valence-electron chi connectivity index (χ1n) is 11.9. The molecule has 2 aliphatic rings. The number of carbonyl (C=O) groups excluding carboxylic acids is 2. The fourth-order valence-electron chi connectivity index (χ4n) is 5.27. The zero-order chi connectivity index (χ0) is 24.7. The second-order valence-electron chi connectivity index (χ2n) is 9.51. The van der Waals surface area contributed by atoms with Crippen molar-refractivity contribution in [2.45, 2.75) is 38.5 Å². The molecule has 1 aliphatic heterocycles. The third kappa shape index (κ3) is 4.18. The molecule has 0 radical (unpaired) electrons. The Bertz CT molecular complexity index is 1340. The number of aryl methyl sites for hydroxylation is 2. The van der Waals surface area contributed by atoms with Crippen LogP contribution in [0.4, 0.5) is 5.82 Å². The summed E-state index contributed by atoms with van der Waals surface area (Å²) in [7, 11) is 1.87. The van der Waals surface area contributed by atoms with E-state index in [2.05, 4.69) is 39.4 Å². The number of carbonyl (C=O) groups is 2. The molecule has 3 aromatic rings. The molecule has 5 rings (SSSR count). The summed E-state index contributed by atoms with van der Waals surface area (Å²) in [5.74, 6) is -0.598. The molecular formula is C28H30N5O2+. The van der Waals surface area contributed by atoms with Gasteiger partial charge in [0.2, 0.25) is 0 Å². The number of H-pyrrole nitrogens is 1. The normalized spacial score (nSPS) is 22.0. The maximum atomic E-state index is 13.7. The Labute approximate surface area is 205 Å². The van der Waals surface area contributed by atoms with Crippen LogP contribution in [0, 0.1) is 19.8 Å². The zero-order valence-corrected chi connectivity index (χ0v) is 20.3. The quantitative estimate of drug-likeness (QED) is 0.611. The highest BCUT2D eigenvalue weighted by Gasteiger charge is 2.47. The summed E-state index contributed by atoms with van der Waals surface area (Å²) in [6.07, 6.45) is 4.71. The number of allylic oxidation sites excluding steroid dienone is 2. The highest BCUT2D eigenvalue weighted by molar-refractivity contribution is 6.03. The van der Waals surface area contributed by atoms with Crippen molar-refractivity contribution in [2.75, 3.05) is 5.32 Å². The highest BCUT2D eigenvalue weighted by Crippen LogP contribution is 2.47. The van der Waals surface area contributed by atoms with Gasteiger partial charge < -0.3 is 5.32 Å². The first-order chi connectivity index (χ1) is 16.8. The lowest BCUT2D eigenvalue weighted by Gasteiger charge is -2.39. The summed E-state index contributed by atoms with van der Waals surface area (Å²) in [6.45, 7) is 8.19. The van der Waals surface area contributed by atoms with E-state index in [-0.39, 0.29) is 17.6 Å². The molecule has 35 heavy (non-hydrogen) atoms. The number of hydrogen-bond donors (Lipinski definition) is 2. The van der Waals surface area contributed by atoms with E-state index in [9.17, 15) is 9.59 Å². The maximum Gasteiger partial charge on any atom is 0.317 e. The van der Waals surface area contributed by atoms with Gasteiger partial charge in [-0.25, -0.2) is 15.1 Å². The van der Waals surface area contributed by atoms with E-state index in [4.69, 9.17) is 0 Å². The van der Waals surface area contributed by atoms with Crippen molar-refractivity contribution < 1.29 is 14.6 Å². The van der Waals surface area contributed by atoms with E-state index < -0.39 is 11.8 Å². The number of benzene rings is 1. The molecule has 0 bridgehead atoms. The molecule has 1 aromatic carbocycles. The predicted octanol–water partition coefficient (Wildman–Crippen LogP) is 3.71. The van der Waals surface area contributed by atoms with Gasteiger partial charge in [-0.2, -0.15) is 5.10 Å². The Morgan fingerprint density at radius 2 is 1.94 bits per heavy atom. The summed E-state index contributed by atoms with van der Waals surface area (Å²) in [5.41, 5.74) is 6.13. The maximum absolute atomic E-state index is 13.7. The first-order valence-corrected chi connectivity index (χ1v) is 11.9. The Morgan fingerprint density at radius 3 is 2.60 bits per heavy atom. The van der Waals surface area contributed by atoms with Gasteiger partial charge in [0.05, 0.1) is 12.4 Å². The summed E-state index contributed by atoms with van der Waals surface area (Å²) in [6, 6.07) is 13.9. The third-order valence-corrected chi connectivity index (χ3v) is 7.23. The molecule has 1 amide bonds. The predicted molar refractivity (Wildman–Crippen MR) is 133 cm³/mol. The molecule has 0 spiro atoms. The van der Waals surface area contributed by atoms with Crippen molar-refractivity contribution in [3.8, 4) is 0 Å². The van der Waals surface area contributed by atoms with Gasteiger partial charge in [0.25, 0.3) is 5.82 Å². The van der Waals surface area contributed by atoms with Crippen LogP contribution < -0.4 is 15.6 Å². The van der Waals surface area contributed by atoms with Gasteiger partial charge in [-0.05, 0) is 43.4 Å². The fraction of sp³-hybridized carbons (Fsp3) is 0.286. The number of rotatable bonds is 4. The number of anilines is 1. The van der Waals surface area contributed by atoms with Gasteiger partial charge in [0.1, 0.15) is 5.92 Å². The van der Waals surface area contributed by atoms with Crippen LogP contribution in [0.5, 0.6) is 0 Å². The largest absolute Gasteiger partial charge is 0.362 e. The molecule has 7 nitrogen and oxygen atoms in total. The molecule has 1 aliphatic carbocycles. The molecule has 0 saturated heterocycles. The van der Waals surface area contributed by atoms with E-state index in [1.807, 2.05) is 57.4 Å². The van der Waals surface area contributed by atoms with Gasteiger partial charge in [0.15, 0.2) is 5.78 Å². The first kappa shape index (κ1) is 22.8. The second kappa shape index (κ2) is 8.98. The van der Waals surface area contributed by atoms with Gasteiger partial charge >= 0.3 is 5.91 Å². The van der Waals surface area contributed by atoms with Gasteiger partial charge in [-0.1, -0.05) is 36.9 Å². The number of ketones is 1. The summed E-state index contributed by atoms with van der Waals surface area (Å²) < 4.78 is 1.78. The molecule has 0 saturated carbocycles. The number of nitrogens with one attached hydrogen (secondary N) is 3. The van der Waals surface area contributed by atoms with Crippen LogP contribution in [0.15, 0.2) is 78.4 Å². The van der Waals surface area contributed by atoms with Crippen molar-refractivity contribution in [3.05, 3.63) is 101 Å². The number of aromatic amines is 1. The Balaban J connectivity index is 1.56. The van der Waals surface area contributed by atoms with Crippen molar-refractivity contribution in [3.63, 3.8) is 0 Å². The smallest absolute Gasteiger partial charge is 0.317 e. The van der Waals surface area contributed by atoms with Gasteiger partial charge in [-0.15, -0.1) is 0 Å². The minimum atomic E-state index is -0.663. The fourth-order valence-corrected chi connectivity index (χ4v) is 5.27. The minimum Gasteiger partial charge on any atom is -0.362 e. The molecular weight excluding hydrogens is 438 g/mol. The topological polar surface area (TPSA) is 90.2 Å². The van der Waals surface area contributed by atoms with Gasteiger partial charge in [-0.3, -0.25) is 9.48 Å². The van der Waals surface area contributed by atoms with Gasteiger partial charge in [0, 0.05) is 53.7 Å². The second-order valence-corrected chi connectivity index (χ2v) is 9.51. The summed E-state index contributed by atoms with van der Waals surface area (Å²) in [5, 5.41) is 10.8. The monoisotopic (exact) mass is 468 g/mol. The summed E-state index contributed by atoms with van der Waals surface area (Å²) >= 11 is 0. The number of aromatic nitrogens is 3. The molecule has 178 valence electrons. The Morgan fingerprint density at radius 1 is 1.17 bits per heavy atom. The number of nitrogens with zero attached hydrogens (tertiary/aromatic N) is 2. The Hall–Kier alpha value is -4.00. The third-order valence-electron chi connectivity index (χ3n) is 7.23. The lowest BCUT2D eigenvalue weighted by atomic mass is 9.68. The number of Topliss-reactive ketones (excluding diaryl/α,β-unsaturated/α-hetero) is 1. The SMILES string of the molecule is C=C1NC2=C(C(=O)CC(c3ccccc3)C2)C(c2cnn(C)c2C)C1C(=O)Nc1ccc(C)c[nH+]1. The lowest BCUT2D eigenvalue weighted by molar-refractivity contribution is -0.361. The van der Waals surface area contributed by atoms with Crippen molar-refractivity contribution >= 4 is 17.5 Å². The molecule has 0 fully saturated rings. The van der Waals surface area contributed by atoms with E-state index in [0.717, 1.165) is 28.1 Å². The number of hydrogen-bond acceptors (Lipinski definition) is 4. The van der Waals surface area contributed by atoms with E-state index >= 15 is 0 Å². The molecule has 3 atom stereocenters. The van der Waals surface area contributed by atoms with Crippen LogP contribution in [-0.2, 0) is 16.6 Å². The van der Waals surface area contributed by atoms with Crippen molar-refractivity contribution in [1.29, 1.82) is 0 Å². The van der Waals surface area contributed by atoms with Crippen LogP contribution in [-0.4, -0.2) is 21.5 Å². The van der Waals surface area contributed by atoms with E-state index in [1.54, 1.807) is 10.9 Å². The zero-order valence-electron chi connectivity index (χ0n) is 20.3.